The van der Waals surface area contributed by atoms with E-state index in [4.69, 9.17) is 4.74 Å². The van der Waals surface area contributed by atoms with Crippen molar-refractivity contribution >= 4 is 27.6 Å². The van der Waals surface area contributed by atoms with Gasteiger partial charge < -0.3 is 9.64 Å². The Morgan fingerprint density at radius 3 is 2.32 bits per heavy atom. The molecule has 0 unspecified atom stereocenters. The van der Waals surface area contributed by atoms with Crippen LogP contribution in [0.15, 0.2) is 53.4 Å². The topological polar surface area (TPSA) is 127 Å². The molecule has 2 aromatic rings. The lowest BCUT2D eigenvalue weighted by molar-refractivity contribution is -0.384. The second kappa shape index (κ2) is 8.08. The number of benzene rings is 2. The largest absolute Gasteiger partial charge is 0.448 e. The summed E-state index contributed by atoms with van der Waals surface area (Å²) >= 11 is 0. The highest BCUT2D eigenvalue weighted by atomic mass is 32.2. The lowest BCUT2D eigenvalue weighted by Crippen LogP contribution is -2.54. The zero-order valence-corrected chi connectivity index (χ0v) is 17.2. The third-order valence-corrected chi connectivity index (χ3v) is 7.32. The van der Waals surface area contributed by atoms with Crippen molar-refractivity contribution in [2.75, 3.05) is 26.2 Å². The first kappa shape index (κ1) is 20.9. The Hall–Kier alpha value is -3.31. The summed E-state index contributed by atoms with van der Waals surface area (Å²) in [6, 6.07) is 11.6. The lowest BCUT2D eigenvalue weighted by atomic mass is 9.98. The summed E-state index contributed by atoms with van der Waals surface area (Å²) in [5.74, 6) is -0.894. The standard InChI is InChI=1S/C20H19N3O7S/c24-19(18-13-14-3-1-2-4-17(14)20(25)30-18)21-9-11-22(12-10-21)31(28,29)16-7-5-15(6-8-16)23(26)27/h1-8,18H,9-13H2/t18-/m0/s1. The van der Waals surface area contributed by atoms with Crippen molar-refractivity contribution in [1.82, 2.24) is 9.21 Å². The molecule has 2 heterocycles. The minimum Gasteiger partial charge on any atom is -0.448 e. The van der Waals surface area contributed by atoms with E-state index in [1.165, 1.54) is 21.3 Å². The minimum atomic E-state index is -3.84. The van der Waals surface area contributed by atoms with E-state index in [1.54, 1.807) is 24.3 Å². The Morgan fingerprint density at radius 1 is 1.03 bits per heavy atom. The number of piperazine rings is 1. The van der Waals surface area contributed by atoms with Crippen molar-refractivity contribution in [3.05, 3.63) is 69.8 Å². The molecule has 0 saturated carbocycles. The van der Waals surface area contributed by atoms with E-state index in [1.807, 2.05) is 0 Å². The van der Waals surface area contributed by atoms with Crippen LogP contribution in [0.3, 0.4) is 0 Å². The Morgan fingerprint density at radius 2 is 1.68 bits per heavy atom. The normalized spacial score (nSPS) is 19.4. The average molecular weight is 445 g/mol. The maximum absolute atomic E-state index is 12.9. The zero-order valence-electron chi connectivity index (χ0n) is 16.3. The average Bonchev–Trinajstić information content (AvgIpc) is 2.78. The number of hydrogen-bond acceptors (Lipinski definition) is 7. The molecule has 0 aromatic heterocycles. The molecule has 2 aliphatic rings. The molecule has 11 heteroatoms. The Kier molecular flexibility index (Phi) is 5.46. The SMILES string of the molecule is O=C1O[C@H](C(=O)N2CCN(S(=O)(=O)c3ccc([N+](=O)[O-])cc3)CC2)Cc2ccccc21. The summed E-state index contributed by atoms with van der Waals surface area (Å²) in [5, 5.41) is 10.8. The van der Waals surface area contributed by atoms with E-state index in [-0.39, 0.29) is 49.1 Å². The highest BCUT2D eigenvalue weighted by molar-refractivity contribution is 7.89. The summed E-state index contributed by atoms with van der Waals surface area (Å²) in [7, 11) is -3.84. The number of esters is 1. The third-order valence-electron chi connectivity index (χ3n) is 5.40. The highest BCUT2D eigenvalue weighted by Crippen LogP contribution is 2.24. The third kappa shape index (κ3) is 4.01. The molecule has 0 N–H and O–H groups in total. The molecule has 0 radical (unpaired) electrons. The van der Waals surface area contributed by atoms with Crippen molar-refractivity contribution in [2.24, 2.45) is 0 Å². The van der Waals surface area contributed by atoms with Crippen LogP contribution in [0, 0.1) is 10.1 Å². The molecule has 10 nitrogen and oxygen atoms in total. The van der Waals surface area contributed by atoms with Gasteiger partial charge in [0.05, 0.1) is 15.4 Å². The number of nitro groups is 1. The van der Waals surface area contributed by atoms with Crippen LogP contribution in [-0.2, 0) is 26.0 Å². The molecule has 2 aromatic carbocycles. The zero-order chi connectivity index (χ0) is 22.2. The van der Waals surface area contributed by atoms with Gasteiger partial charge >= 0.3 is 5.97 Å². The number of cyclic esters (lactones) is 1. The van der Waals surface area contributed by atoms with Crippen molar-refractivity contribution in [2.45, 2.75) is 17.4 Å². The second-order valence-electron chi connectivity index (χ2n) is 7.24. The molecule has 1 fully saturated rings. The molecular formula is C20H19N3O7S. The van der Waals surface area contributed by atoms with Gasteiger partial charge in [0.15, 0.2) is 6.10 Å². The fourth-order valence-corrected chi connectivity index (χ4v) is 5.13. The van der Waals surface area contributed by atoms with Crippen molar-refractivity contribution < 1.29 is 27.7 Å². The van der Waals surface area contributed by atoms with E-state index in [2.05, 4.69) is 0 Å². The van der Waals surface area contributed by atoms with Crippen LogP contribution >= 0.6 is 0 Å². The van der Waals surface area contributed by atoms with Crippen molar-refractivity contribution in [1.29, 1.82) is 0 Å². The highest BCUT2D eigenvalue weighted by Gasteiger charge is 2.36. The number of carbonyl (C=O) groups excluding carboxylic acids is 2. The number of ether oxygens (including phenoxy) is 1. The van der Waals surface area contributed by atoms with Gasteiger partial charge in [-0.2, -0.15) is 4.31 Å². The van der Waals surface area contributed by atoms with E-state index in [9.17, 15) is 28.1 Å². The molecular weight excluding hydrogens is 426 g/mol. The molecule has 31 heavy (non-hydrogen) atoms. The van der Waals surface area contributed by atoms with E-state index >= 15 is 0 Å². The Labute approximate surface area is 178 Å². The van der Waals surface area contributed by atoms with E-state index < -0.39 is 27.0 Å². The first-order valence-corrected chi connectivity index (χ1v) is 11.0. The number of amides is 1. The molecule has 162 valence electrons. The number of carbonyl (C=O) groups is 2. The van der Waals surface area contributed by atoms with Crippen LogP contribution in [0.25, 0.3) is 0 Å². The first-order chi connectivity index (χ1) is 14.8. The molecule has 1 amide bonds. The van der Waals surface area contributed by atoms with Crippen LogP contribution in [-0.4, -0.2) is 66.7 Å². The summed E-state index contributed by atoms with van der Waals surface area (Å²) in [6.07, 6.45) is -0.651. The monoisotopic (exact) mass is 445 g/mol. The molecule has 4 rings (SSSR count). The van der Waals surface area contributed by atoms with E-state index in [0.717, 1.165) is 17.7 Å². The molecule has 2 aliphatic heterocycles. The van der Waals surface area contributed by atoms with Gasteiger partial charge in [-0.25, -0.2) is 13.2 Å². The summed E-state index contributed by atoms with van der Waals surface area (Å²) < 4.78 is 32.2. The Balaban J connectivity index is 1.41. The quantitative estimate of drug-likeness (QED) is 0.393. The Bertz CT molecular complexity index is 1140. The minimum absolute atomic E-state index is 0.0457. The van der Waals surface area contributed by atoms with Gasteiger partial charge in [-0.3, -0.25) is 14.9 Å². The molecule has 1 atom stereocenters. The number of nitrogens with zero attached hydrogens (tertiary/aromatic N) is 3. The molecule has 1 saturated heterocycles. The molecule has 0 spiro atoms. The predicted octanol–water partition coefficient (Wildman–Crippen LogP) is 1.21. The second-order valence-corrected chi connectivity index (χ2v) is 9.17. The number of fused-ring (bicyclic) bond motifs is 1. The van der Waals surface area contributed by atoms with Gasteiger partial charge in [-0.05, 0) is 23.8 Å². The van der Waals surface area contributed by atoms with Gasteiger partial charge in [-0.15, -0.1) is 0 Å². The predicted molar refractivity (Wildman–Crippen MR) is 108 cm³/mol. The number of non-ortho nitro benzene ring substituents is 1. The van der Waals surface area contributed by atoms with Crippen LogP contribution in [0.1, 0.15) is 15.9 Å². The van der Waals surface area contributed by atoms with Crippen LogP contribution < -0.4 is 0 Å². The first-order valence-electron chi connectivity index (χ1n) is 9.59. The maximum Gasteiger partial charge on any atom is 0.339 e. The molecule has 0 aliphatic carbocycles. The maximum atomic E-state index is 12.9. The fraction of sp³-hybridized carbons (Fsp3) is 0.300. The summed E-state index contributed by atoms with van der Waals surface area (Å²) in [5.41, 5.74) is 1.00. The van der Waals surface area contributed by atoms with Crippen LogP contribution in [0.4, 0.5) is 5.69 Å². The summed E-state index contributed by atoms with van der Waals surface area (Å²) in [4.78, 5) is 36.6. The van der Waals surface area contributed by atoms with Crippen LogP contribution in [0.2, 0.25) is 0 Å². The summed E-state index contributed by atoms with van der Waals surface area (Å²) in [6.45, 7) is 0.451. The van der Waals surface area contributed by atoms with Gasteiger partial charge in [-0.1, -0.05) is 18.2 Å². The smallest absolute Gasteiger partial charge is 0.339 e. The number of nitro benzene ring substituents is 1. The van der Waals surface area contributed by atoms with E-state index in [0.29, 0.717) is 5.56 Å². The number of sulfonamides is 1. The van der Waals surface area contributed by atoms with Crippen molar-refractivity contribution in [3.63, 3.8) is 0 Å². The number of rotatable bonds is 4. The van der Waals surface area contributed by atoms with Gasteiger partial charge in [0.1, 0.15) is 0 Å². The van der Waals surface area contributed by atoms with Crippen molar-refractivity contribution in [3.8, 4) is 0 Å². The number of hydrogen-bond donors (Lipinski definition) is 0. The van der Waals surface area contributed by atoms with Gasteiger partial charge in [0.2, 0.25) is 10.0 Å². The van der Waals surface area contributed by atoms with Gasteiger partial charge in [0.25, 0.3) is 11.6 Å². The van der Waals surface area contributed by atoms with Gasteiger partial charge in [0, 0.05) is 44.7 Å². The fourth-order valence-electron chi connectivity index (χ4n) is 3.71. The lowest BCUT2D eigenvalue weighted by Gasteiger charge is -2.36. The van der Waals surface area contributed by atoms with Crippen LogP contribution in [0.5, 0.6) is 0 Å². The molecule has 0 bridgehead atoms.